The summed E-state index contributed by atoms with van der Waals surface area (Å²) < 4.78 is 5.32. The second-order valence-corrected chi connectivity index (χ2v) is 5.89. The van der Waals surface area contributed by atoms with Gasteiger partial charge in [0.1, 0.15) is 17.3 Å². The Morgan fingerprint density at radius 3 is 2.62 bits per heavy atom. The van der Waals surface area contributed by atoms with Crippen LogP contribution in [0.3, 0.4) is 0 Å². The fourth-order valence-corrected chi connectivity index (χ4v) is 2.76. The number of hydrogen-bond donors (Lipinski definition) is 1. The third-order valence-electron chi connectivity index (χ3n) is 4.27. The van der Waals surface area contributed by atoms with Gasteiger partial charge in [0.25, 0.3) is 5.91 Å². The quantitative estimate of drug-likeness (QED) is 0.778. The summed E-state index contributed by atoms with van der Waals surface area (Å²) in [4.78, 5) is 35.0. The average Bonchev–Trinajstić information content (AvgIpc) is 2.72. The van der Waals surface area contributed by atoms with E-state index in [-0.39, 0.29) is 5.91 Å². The van der Waals surface area contributed by atoms with Crippen LogP contribution in [0.5, 0.6) is 5.75 Å². The molecule has 1 aromatic heterocycles. The van der Waals surface area contributed by atoms with Crippen LogP contribution in [0.1, 0.15) is 16.1 Å². The van der Waals surface area contributed by atoms with Crippen molar-refractivity contribution < 1.29 is 14.3 Å². The number of carbonyl (C=O) groups excluding carboxylic acids is 2. The zero-order valence-electron chi connectivity index (χ0n) is 14.6. The van der Waals surface area contributed by atoms with Crippen molar-refractivity contribution in [3.8, 4) is 5.75 Å². The number of amides is 2. The predicted octanol–water partition coefficient (Wildman–Crippen LogP) is 1.01. The Bertz CT molecular complexity index is 758. The summed E-state index contributed by atoms with van der Waals surface area (Å²) in [7, 11) is 1.63. The molecular formula is C18H21N5O3. The van der Waals surface area contributed by atoms with Gasteiger partial charge in [-0.1, -0.05) is 18.2 Å². The second-order valence-electron chi connectivity index (χ2n) is 5.89. The van der Waals surface area contributed by atoms with Gasteiger partial charge in [-0.2, -0.15) is 0 Å². The third kappa shape index (κ3) is 4.08. The first-order chi connectivity index (χ1) is 12.7. The van der Waals surface area contributed by atoms with Crippen LogP contribution < -0.4 is 10.1 Å². The monoisotopic (exact) mass is 355 g/mol. The molecule has 0 bridgehead atoms. The standard InChI is InChI=1S/C18H21N5O3/c1-26-16-5-3-2-4-14(16)10-20-17-12-19-15(11-21-17)18(25)23-8-6-22(13-24)7-9-23/h2-5,11-13H,6-10H2,1H3,(H,20,21). The van der Waals surface area contributed by atoms with Gasteiger partial charge in [0, 0.05) is 38.3 Å². The zero-order valence-corrected chi connectivity index (χ0v) is 14.6. The first-order valence-electron chi connectivity index (χ1n) is 8.37. The Hall–Kier alpha value is -3.16. The highest BCUT2D eigenvalue weighted by atomic mass is 16.5. The van der Waals surface area contributed by atoms with E-state index in [1.807, 2.05) is 24.3 Å². The van der Waals surface area contributed by atoms with E-state index in [1.165, 1.54) is 6.20 Å². The zero-order chi connectivity index (χ0) is 18.4. The highest BCUT2D eigenvalue weighted by Gasteiger charge is 2.22. The number of piperazine rings is 1. The van der Waals surface area contributed by atoms with Crippen molar-refractivity contribution in [2.45, 2.75) is 6.54 Å². The van der Waals surface area contributed by atoms with Crippen LogP contribution in [0.25, 0.3) is 0 Å². The molecule has 2 amide bonds. The molecule has 0 spiro atoms. The smallest absolute Gasteiger partial charge is 0.274 e. The van der Waals surface area contributed by atoms with Crippen LogP contribution in [0, 0.1) is 0 Å². The molecule has 1 aliphatic heterocycles. The number of hydrogen-bond acceptors (Lipinski definition) is 6. The summed E-state index contributed by atoms with van der Waals surface area (Å²) in [5.74, 6) is 1.21. The van der Waals surface area contributed by atoms with Crippen molar-refractivity contribution in [1.29, 1.82) is 0 Å². The molecule has 2 heterocycles. The maximum atomic E-state index is 12.4. The molecule has 8 heteroatoms. The number of aromatic nitrogens is 2. The van der Waals surface area contributed by atoms with Gasteiger partial charge in [-0.15, -0.1) is 0 Å². The van der Waals surface area contributed by atoms with Crippen molar-refractivity contribution in [3.63, 3.8) is 0 Å². The molecule has 2 aromatic rings. The number of ether oxygens (including phenoxy) is 1. The van der Waals surface area contributed by atoms with Gasteiger partial charge in [0.2, 0.25) is 6.41 Å². The maximum Gasteiger partial charge on any atom is 0.274 e. The lowest BCUT2D eigenvalue weighted by Gasteiger charge is -2.32. The largest absolute Gasteiger partial charge is 0.496 e. The van der Waals surface area contributed by atoms with Crippen molar-refractivity contribution >= 4 is 18.1 Å². The van der Waals surface area contributed by atoms with Crippen LogP contribution in [-0.4, -0.2) is 65.4 Å². The van der Waals surface area contributed by atoms with E-state index in [0.29, 0.717) is 44.2 Å². The van der Waals surface area contributed by atoms with Crippen LogP contribution in [0.15, 0.2) is 36.7 Å². The summed E-state index contributed by atoms with van der Waals surface area (Å²) in [6, 6.07) is 7.72. The highest BCUT2D eigenvalue weighted by Crippen LogP contribution is 2.18. The molecule has 0 unspecified atom stereocenters. The summed E-state index contributed by atoms with van der Waals surface area (Å²) in [6.45, 7) is 2.64. The Kier molecular flexibility index (Phi) is 5.62. The molecule has 0 atom stereocenters. The number of anilines is 1. The minimum absolute atomic E-state index is 0.167. The number of methoxy groups -OCH3 is 1. The molecule has 0 saturated carbocycles. The fraction of sp³-hybridized carbons (Fsp3) is 0.333. The normalized spacial score (nSPS) is 14.0. The molecule has 0 radical (unpaired) electrons. The van der Waals surface area contributed by atoms with Crippen LogP contribution >= 0.6 is 0 Å². The lowest BCUT2D eigenvalue weighted by atomic mass is 10.2. The molecule has 136 valence electrons. The lowest BCUT2D eigenvalue weighted by molar-refractivity contribution is -0.119. The maximum absolute atomic E-state index is 12.4. The van der Waals surface area contributed by atoms with Crippen molar-refractivity contribution in [1.82, 2.24) is 19.8 Å². The lowest BCUT2D eigenvalue weighted by Crippen LogP contribution is -2.48. The molecule has 3 rings (SSSR count). The Balaban J connectivity index is 1.58. The Labute approximate surface area is 151 Å². The van der Waals surface area contributed by atoms with Crippen molar-refractivity contribution in [2.75, 3.05) is 38.6 Å². The third-order valence-corrected chi connectivity index (χ3v) is 4.27. The Morgan fingerprint density at radius 1 is 1.19 bits per heavy atom. The number of nitrogens with one attached hydrogen (secondary N) is 1. The van der Waals surface area contributed by atoms with Gasteiger partial charge >= 0.3 is 0 Å². The van der Waals surface area contributed by atoms with Crippen molar-refractivity contribution in [2.24, 2.45) is 0 Å². The van der Waals surface area contributed by atoms with E-state index in [4.69, 9.17) is 4.74 Å². The molecule has 1 N–H and O–H groups in total. The van der Waals surface area contributed by atoms with Gasteiger partial charge in [-0.3, -0.25) is 9.59 Å². The van der Waals surface area contributed by atoms with Gasteiger partial charge in [-0.25, -0.2) is 9.97 Å². The average molecular weight is 355 g/mol. The van der Waals surface area contributed by atoms with E-state index in [1.54, 1.807) is 23.1 Å². The molecule has 1 aliphatic rings. The number of para-hydroxylation sites is 1. The van der Waals surface area contributed by atoms with Crippen molar-refractivity contribution in [3.05, 3.63) is 47.9 Å². The van der Waals surface area contributed by atoms with E-state index in [0.717, 1.165) is 17.7 Å². The van der Waals surface area contributed by atoms with E-state index < -0.39 is 0 Å². The highest BCUT2D eigenvalue weighted by molar-refractivity contribution is 5.92. The van der Waals surface area contributed by atoms with Gasteiger partial charge in [-0.05, 0) is 6.07 Å². The topological polar surface area (TPSA) is 87.7 Å². The van der Waals surface area contributed by atoms with Gasteiger partial charge < -0.3 is 19.9 Å². The summed E-state index contributed by atoms with van der Waals surface area (Å²) in [5, 5.41) is 3.17. The van der Waals surface area contributed by atoms with Gasteiger partial charge in [0.15, 0.2) is 0 Å². The number of nitrogens with zero attached hydrogens (tertiary/aromatic N) is 4. The summed E-state index contributed by atoms with van der Waals surface area (Å²) >= 11 is 0. The van der Waals surface area contributed by atoms with E-state index in [9.17, 15) is 9.59 Å². The molecule has 26 heavy (non-hydrogen) atoms. The van der Waals surface area contributed by atoms with Gasteiger partial charge in [0.05, 0.1) is 19.5 Å². The molecule has 1 fully saturated rings. The number of benzene rings is 1. The molecule has 1 saturated heterocycles. The SMILES string of the molecule is COc1ccccc1CNc1cnc(C(=O)N2CCN(C=O)CC2)cn1. The molecule has 8 nitrogen and oxygen atoms in total. The number of carbonyl (C=O) groups is 2. The summed E-state index contributed by atoms with van der Waals surface area (Å²) in [6.07, 6.45) is 3.83. The first-order valence-corrected chi connectivity index (χ1v) is 8.37. The molecular weight excluding hydrogens is 334 g/mol. The number of rotatable bonds is 6. The predicted molar refractivity (Wildman–Crippen MR) is 95.9 cm³/mol. The first kappa shape index (κ1) is 17.7. The van der Waals surface area contributed by atoms with Crippen LogP contribution in [0.2, 0.25) is 0 Å². The Morgan fingerprint density at radius 2 is 1.96 bits per heavy atom. The van der Waals surface area contributed by atoms with E-state index >= 15 is 0 Å². The minimum atomic E-state index is -0.167. The van der Waals surface area contributed by atoms with Crippen LogP contribution in [0.4, 0.5) is 5.82 Å². The minimum Gasteiger partial charge on any atom is -0.496 e. The molecule has 0 aliphatic carbocycles. The fourth-order valence-electron chi connectivity index (χ4n) is 2.76. The van der Waals surface area contributed by atoms with Crippen LogP contribution in [-0.2, 0) is 11.3 Å². The summed E-state index contributed by atoms with van der Waals surface area (Å²) in [5.41, 5.74) is 1.30. The van der Waals surface area contributed by atoms with E-state index in [2.05, 4.69) is 15.3 Å². The second kappa shape index (κ2) is 8.28. The molecule has 1 aromatic carbocycles.